The summed E-state index contributed by atoms with van der Waals surface area (Å²) in [5.41, 5.74) is 29.9. The summed E-state index contributed by atoms with van der Waals surface area (Å²) < 4.78 is 2.43. The maximum absolute atomic E-state index is 5.38. The van der Waals surface area contributed by atoms with Crippen molar-refractivity contribution in [2.75, 3.05) is 9.80 Å². The second-order valence-corrected chi connectivity index (χ2v) is 24.4. The number of hydrogen-bond acceptors (Lipinski definition) is 4. The quantitative estimate of drug-likeness (QED) is 0.121. The Morgan fingerprint density at radius 1 is 0.234 bits per heavy atom. The molecule has 438 valence electrons. The van der Waals surface area contributed by atoms with Crippen LogP contribution >= 0.6 is 0 Å². The molecule has 5 nitrogen and oxygen atoms in total. The summed E-state index contributed by atoms with van der Waals surface area (Å²) in [5, 5.41) is 2.31. The molecule has 0 spiro atoms. The molecule has 0 fully saturated rings. The molecule has 0 unspecified atom stereocenters. The largest absolute Gasteiger partial charge is 0.311 e. The van der Waals surface area contributed by atoms with Crippen LogP contribution in [0.5, 0.6) is 0 Å². The summed E-state index contributed by atoms with van der Waals surface area (Å²) in [5.74, 6) is 0.680. The van der Waals surface area contributed by atoms with E-state index in [1.54, 1.807) is 0 Å². The number of hydrogen-bond donors (Lipinski definition) is 0. The molecule has 2 aliphatic heterocycles. The Morgan fingerprint density at radius 3 is 1.14 bits per heavy atom. The highest BCUT2D eigenvalue weighted by Gasteiger charge is 2.44. The molecule has 14 aromatic carbocycles. The van der Waals surface area contributed by atoms with E-state index < -0.39 is 0 Å². The number of nitrogens with zero attached hydrogens (tertiary/aromatic N) is 5. The lowest BCUT2D eigenvalue weighted by molar-refractivity contribution is 1.15. The van der Waals surface area contributed by atoms with Crippen LogP contribution < -0.4 is 26.2 Å². The second kappa shape index (κ2) is 22.8. The molecule has 94 heavy (non-hydrogen) atoms. The highest BCUT2D eigenvalue weighted by Crippen LogP contribution is 2.49. The van der Waals surface area contributed by atoms with Gasteiger partial charge in [0, 0.05) is 61.6 Å². The summed E-state index contributed by atoms with van der Waals surface area (Å²) in [4.78, 5) is 15.7. The van der Waals surface area contributed by atoms with Crippen LogP contribution in [-0.2, 0) is 0 Å². The van der Waals surface area contributed by atoms with Crippen LogP contribution in [0.25, 0.3) is 117 Å². The van der Waals surface area contributed by atoms with E-state index >= 15 is 0 Å². The van der Waals surface area contributed by atoms with E-state index in [1.165, 1.54) is 16.4 Å². The Balaban J connectivity index is 0.892. The van der Waals surface area contributed by atoms with E-state index in [4.69, 9.17) is 9.97 Å². The van der Waals surface area contributed by atoms with Gasteiger partial charge in [-0.3, -0.25) is 0 Å². The first-order chi connectivity index (χ1) is 46.6. The van der Waals surface area contributed by atoms with E-state index in [0.29, 0.717) is 5.82 Å². The van der Waals surface area contributed by atoms with Crippen LogP contribution in [0.2, 0.25) is 0 Å². The molecular weight excluding hydrogens is 1140 g/mol. The van der Waals surface area contributed by atoms with Crippen LogP contribution in [0.15, 0.2) is 352 Å². The molecule has 18 rings (SSSR count). The fourth-order valence-electron chi connectivity index (χ4n) is 14.6. The van der Waals surface area contributed by atoms with Crippen molar-refractivity contribution in [2.24, 2.45) is 0 Å². The lowest BCUT2D eigenvalue weighted by Crippen LogP contribution is -2.61. The smallest absolute Gasteiger partial charge is 0.252 e. The second-order valence-electron chi connectivity index (χ2n) is 24.4. The van der Waals surface area contributed by atoms with E-state index in [1.807, 2.05) is 24.3 Å². The van der Waals surface area contributed by atoms with Gasteiger partial charge in [-0.25, -0.2) is 9.97 Å². The maximum atomic E-state index is 5.38. The standard InChI is InChI=1S/C88H58BN5/c1-7-27-59(28-8-1)66-49-67(60-29-9-2-10-30-60)52-71(51-66)92-83-45-25-21-41-76(83)89-77-42-22-26-46-84(77)93(72-53-68(61-31-11-3-12-32-61)50-69(54-72)62-33-13-4-14-34-62)86-57-70(56-85(92)87(86)89)65-47-48-82-75(55-65)73-39-19-23-43-80(73)94(82)81-44-24-20-40-74(81)79-58-78(63-35-15-5-16-36-63)90-88(91-79)64-37-17-6-18-38-64/h1-58H. The predicted molar refractivity (Wildman–Crippen MR) is 394 cm³/mol. The van der Waals surface area contributed by atoms with Gasteiger partial charge in [0.25, 0.3) is 6.71 Å². The third-order valence-corrected chi connectivity index (χ3v) is 18.9. The third kappa shape index (κ3) is 9.42. The molecule has 2 aromatic heterocycles. The summed E-state index contributed by atoms with van der Waals surface area (Å²) >= 11 is 0. The summed E-state index contributed by atoms with van der Waals surface area (Å²) in [6.07, 6.45) is 0. The molecule has 0 saturated heterocycles. The zero-order valence-corrected chi connectivity index (χ0v) is 51.3. The van der Waals surface area contributed by atoms with Gasteiger partial charge in [0.05, 0.1) is 28.1 Å². The molecule has 0 radical (unpaired) electrons. The minimum atomic E-state index is -0.0845. The Morgan fingerprint density at radius 2 is 0.628 bits per heavy atom. The first-order valence-corrected chi connectivity index (χ1v) is 32.2. The molecule has 0 N–H and O–H groups in total. The van der Waals surface area contributed by atoms with E-state index in [9.17, 15) is 0 Å². The van der Waals surface area contributed by atoms with Gasteiger partial charge < -0.3 is 14.4 Å². The summed E-state index contributed by atoms with van der Waals surface area (Å²) in [7, 11) is 0. The highest BCUT2D eigenvalue weighted by atomic mass is 15.2. The predicted octanol–water partition coefficient (Wildman–Crippen LogP) is 21.0. The van der Waals surface area contributed by atoms with Crippen molar-refractivity contribution in [1.82, 2.24) is 14.5 Å². The van der Waals surface area contributed by atoms with Crippen LogP contribution in [0.4, 0.5) is 34.1 Å². The van der Waals surface area contributed by atoms with E-state index in [0.717, 1.165) is 145 Å². The van der Waals surface area contributed by atoms with Gasteiger partial charge >= 0.3 is 0 Å². The molecule has 0 aliphatic carbocycles. The Kier molecular flexibility index (Phi) is 13.3. The van der Waals surface area contributed by atoms with Crippen LogP contribution in [0.3, 0.4) is 0 Å². The summed E-state index contributed by atoms with van der Waals surface area (Å²) in [6.45, 7) is -0.0845. The number of fused-ring (bicyclic) bond motifs is 7. The SMILES string of the molecule is c1ccc(-c2cc(-c3ccccc3)cc(N3c4ccccc4B4c5ccccc5N(c5cc(-c6ccccc6)cc(-c6ccccc6)c5)c5cc(-c6ccc7c(c6)c6ccccc6n7-c6ccccc6-c6cc(-c7ccccc7)nc(-c7ccccc7)n6)cc3c54)c2)cc1. The van der Waals surface area contributed by atoms with Gasteiger partial charge in [0.1, 0.15) is 0 Å². The molecule has 4 heterocycles. The fraction of sp³-hybridized carbons (Fsp3) is 0. The average molecular weight is 1200 g/mol. The summed E-state index contributed by atoms with van der Waals surface area (Å²) in [6, 6.07) is 128. The Hall–Kier alpha value is -12.4. The van der Waals surface area contributed by atoms with Crippen molar-refractivity contribution in [1.29, 1.82) is 0 Å². The highest BCUT2D eigenvalue weighted by molar-refractivity contribution is 7.00. The van der Waals surface area contributed by atoms with Crippen molar-refractivity contribution < 1.29 is 0 Å². The zero-order chi connectivity index (χ0) is 62.1. The van der Waals surface area contributed by atoms with E-state index in [2.05, 4.69) is 342 Å². The lowest BCUT2D eigenvalue weighted by Gasteiger charge is -2.44. The number of anilines is 6. The molecule has 0 amide bonds. The molecule has 0 saturated carbocycles. The van der Waals surface area contributed by atoms with Gasteiger partial charge in [-0.1, -0.05) is 261 Å². The normalized spacial score (nSPS) is 12.2. The van der Waals surface area contributed by atoms with Crippen molar-refractivity contribution in [3.8, 4) is 95.2 Å². The minimum absolute atomic E-state index is 0.0845. The average Bonchev–Trinajstić information content (AvgIpc) is 0.804. The van der Waals surface area contributed by atoms with Crippen LogP contribution in [-0.4, -0.2) is 21.2 Å². The number of benzene rings is 14. The zero-order valence-electron chi connectivity index (χ0n) is 51.3. The van der Waals surface area contributed by atoms with Crippen LogP contribution in [0, 0.1) is 0 Å². The molecular formula is C88H58BN5. The van der Waals surface area contributed by atoms with Gasteiger partial charge in [-0.05, 0) is 163 Å². The number of rotatable bonds is 11. The fourth-order valence-corrected chi connectivity index (χ4v) is 14.6. The topological polar surface area (TPSA) is 37.2 Å². The van der Waals surface area contributed by atoms with Gasteiger partial charge in [-0.2, -0.15) is 0 Å². The maximum Gasteiger partial charge on any atom is 0.252 e. The molecule has 0 bridgehead atoms. The first kappa shape index (κ1) is 54.5. The molecule has 6 heteroatoms. The van der Waals surface area contributed by atoms with Crippen LogP contribution in [0.1, 0.15) is 0 Å². The van der Waals surface area contributed by atoms with Crippen molar-refractivity contribution >= 4 is 79.0 Å². The Bertz CT molecular complexity index is 5190. The van der Waals surface area contributed by atoms with Gasteiger partial charge in [-0.15, -0.1) is 0 Å². The lowest BCUT2D eigenvalue weighted by atomic mass is 9.33. The number of para-hydroxylation sites is 4. The Labute approximate surface area is 547 Å². The van der Waals surface area contributed by atoms with Gasteiger partial charge in [0.2, 0.25) is 0 Å². The van der Waals surface area contributed by atoms with Crippen molar-refractivity contribution in [2.45, 2.75) is 0 Å². The number of aromatic nitrogens is 3. The minimum Gasteiger partial charge on any atom is -0.311 e. The van der Waals surface area contributed by atoms with Gasteiger partial charge in [0.15, 0.2) is 5.82 Å². The third-order valence-electron chi connectivity index (χ3n) is 18.9. The first-order valence-electron chi connectivity index (χ1n) is 32.2. The monoisotopic (exact) mass is 1200 g/mol. The van der Waals surface area contributed by atoms with Crippen molar-refractivity contribution in [3.63, 3.8) is 0 Å². The molecule has 0 atom stereocenters. The molecule has 2 aliphatic rings. The van der Waals surface area contributed by atoms with Crippen molar-refractivity contribution in [3.05, 3.63) is 352 Å². The van der Waals surface area contributed by atoms with E-state index in [-0.39, 0.29) is 6.71 Å². The molecule has 16 aromatic rings.